The van der Waals surface area contributed by atoms with E-state index in [9.17, 15) is 8.78 Å². The summed E-state index contributed by atoms with van der Waals surface area (Å²) < 4.78 is 26.8. The minimum absolute atomic E-state index is 0.366. The Morgan fingerprint density at radius 2 is 1.95 bits per heavy atom. The van der Waals surface area contributed by atoms with Crippen LogP contribution in [0, 0.1) is 11.6 Å². The first-order valence-electron chi connectivity index (χ1n) is 7.02. The fourth-order valence-electron chi connectivity index (χ4n) is 2.56. The third kappa shape index (κ3) is 3.09. The highest BCUT2D eigenvalue weighted by Crippen LogP contribution is 2.33. The summed E-state index contributed by atoms with van der Waals surface area (Å²) >= 11 is 1.21. The van der Waals surface area contributed by atoms with Crippen LogP contribution in [0.2, 0.25) is 0 Å². The van der Waals surface area contributed by atoms with Crippen LogP contribution in [0.25, 0.3) is 0 Å². The highest BCUT2D eigenvalue weighted by molar-refractivity contribution is 7.99. The fourth-order valence-corrected chi connectivity index (χ4v) is 3.49. The van der Waals surface area contributed by atoms with Gasteiger partial charge in [0.15, 0.2) is 0 Å². The number of fused-ring (bicyclic) bond motifs is 1. The molecule has 0 aliphatic heterocycles. The van der Waals surface area contributed by atoms with Gasteiger partial charge in [0, 0.05) is 23.2 Å². The monoisotopic (exact) mass is 306 g/mol. The van der Waals surface area contributed by atoms with E-state index >= 15 is 0 Å². The minimum atomic E-state index is -0.575. The third-order valence-corrected chi connectivity index (χ3v) is 4.76. The molecule has 0 fully saturated rings. The first kappa shape index (κ1) is 14.5. The molecule has 0 bridgehead atoms. The molecule has 1 aromatic carbocycles. The molecule has 5 heteroatoms. The number of hydrogen-bond donors (Lipinski definition) is 1. The molecule has 2 nitrogen and oxygen atoms in total. The van der Waals surface area contributed by atoms with E-state index in [4.69, 9.17) is 5.73 Å². The van der Waals surface area contributed by atoms with Crippen molar-refractivity contribution in [1.82, 2.24) is 4.98 Å². The van der Waals surface area contributed by atoms with Crippen molar-refractivity contribution in [3.63, 3.8) is 0 Å². The summed E-state index contributed by atoms with van der Waals surface area (Å²) in [5.74, 6) is -1.14. The number of nitrogens with two attached hydrogens (primary N) is 1. The van der Waals surface area contributed by atoms with Gasteiger partial charge in [0.2, 0.25) is 0 Å². The molecule has 0 unspecified atom stereocenters. The average molecular weight is 306 g/mol. The zero-order valence-corrected chi connectivity index (χ0v) is 12.4. The van der Waals surface area contributed by atoms with Gasteiger partial charge in [-0.3, -0.25) is 0 Å². The van der Waals surface area contributed by atoms with Crippen LogP contribution in [0.4, 0.5) is 8.78 Å². The Bertz CT molecular complexity index is 674. The molecule has 1 heterocycles. The Labute approximate surface area is 126 Å². The standard InChI is InChI=1S/C16H16F2N2S/c17-12-5-6-15(13(18)8-12)21-16-11(9-19)7-10-3-1-2-4-14(10)20-16/h5-8H,1-4,9,19H2. The predicted octanol–water partition coefficient (Wildman–Crippen LogP) is 3.85. The topological polar surface area (TPSA) is 38.9 Å². The van der Waals surface area contributed by atoms with Gasteiger partial charge >= 0.3 is 0 Å². The summed E-state index contributed by atoms with van der Waals surface area (Å²) in [5, 5.41) is 0.726. The number of hydrogen-bond acceptors (Lipinski definition) is 3. The Morgan fingerprint density at radius 1 is 1.14 bits per heavy atom. The van der Waals surface area contributed by atoms with Crippen molar-refractivity contribution < 1.29 is 8.78 Å². The molecular formula is C16H16F2N2S. The number of aryl methyl sites for hydroxylation is 2. The van der Waals surface area contributed by atoms with Crippen LogP contribution in [0.5, 0.6) is 0 Å². The molecule has 0 radical (unpaired) electrons. The van der Waals surface area contributed by atoms with Gasteiger partial charge < -0.3 is 5.73 Å². The fraction of sp³-hybridized carbons (Fsp3) is 0.312. The van der Waals surface area contributed by atoms with Crippen LogP contribution in [0.15, 0.2) is 34.2 Å². The van der Waals surface area contributed by atoms with Crippen molar-refractivity contribution in [2.45, 2.75) is 42.1 Å². The molecule has 110 valence electrons. The van der Waals surface area contributed by atoms with E-state index in [-0.39, 0.29) is 0 Å². The first-order valence-corrected chi connectivity index (χ1v) is 7.83. The highest BCUT2D eigenvalue weighted by Gasteiger charge is 2.16. The number of halogens is 2. The van der Waals surface area contributed by atoms with Crippen molar-refractivity contribution in [3.05, 3.63) is 52.7 Å². The Balaban J connectivity index is 1.97. The molecule has 0 saturated heterocycles. The molecule has 1 aliphatic rings. The van der Waals surface area contributed by atoms with Crippen molar-refractivity contribution >= 4 is 11.8 Å². The Kier molecular flexibility index (Phi) is 4.22. The van der Waals surface area contributed by atoms with Crippen molar-refractivity contribution in [2.24, 2.45) is 5.73 Å². The number of aromatic nitrogens is 1. The SMILES string of the molecule is NCc1cc2c(nc1Sc1ccc(F)cc1F)CCCC2. The normalized spacial score (nSPS) is 14.0. The second-order valence-corrected chi connectivity index (χ2v) is 6.18. The molecular weight excluding hydrogens is 290 g/mol. The van der Waals surface area contributed by atoms with Gasteiger partial charge in [0.05, 0.1) is 0 Å². The van der Waals surface area contributed by atoms with E-state index < -0.39 is 11.6 Å². The van der Waals surface area contributed by atoms with E-state index in [1.165, 1.54) is 35.9 Å². The van der Waals surface area contributed by atoms with E-state index in [0.29, 0.717) is 11.4 Å². The average Bonchev–Trinajstić information content (AvgIpc) is 2.49. The second-order valence-electron chi connectivity index (χ2n) is 5.15. The van der Waals surface area contributed by atoms with Gasteiger partial charge in [-0.2, -0.15) is 0 Å². The Hall–Kier alpha value is -1.46. The van der Waals surface area contributed by atoms with Crippen molar-refractivity contribution in [3.8, 4) is 0 Å². The molecule has 0 saturated carbocycles. The van der Waals surface area contributed by atoms with Gasteiger partial charge in [-0.15, -0.1) is 0 Å². The van der Waals surface area contributed by atoms with E-state index in [2.05, 4.69) is 11.1 Å². The van der Waals surface area contributed by atoms with Gasteiger partial charge in [-0.05, 0) is 48.9 Å². The van der Waals surface area contributed by atoms with Crippen molar-refractivity contribution in [1.29, 1.82) is 0 Å². The maximum Gasteiger partial charge on any atom is 0.140 e. The summed E-state index contributed by atoms with van der Waals surface area (Å²) in [6, 6.07) is 5.68. The summed E-state index contributed by atoms with van der Waals surface area (Å²) in [7, 11) is 0. The quantitative estimate of drug-likeness (QED) is 0.936. The second kappa shape index (κ2) is 6.12. The van der Waals surface area contributed by atoms with Crippen LogP contribution in [-0.2, 0) is 19.4 Å². The number of benzene rings is 1. The molecule has 1 aromatic heterocycles. The smallest absolute Gasteiger partial charge is 0.140 e. The van der Waals surface area contributed by atoms with Crippen LogP contribution in [0.1, 0.15) is 29.7 Å². The number of pyridine rings is 1. The molecule has 0 amide bonds. The van der Waals surface area contributed by atoms with E-state index in [1.807, 2.05) is 0 Å². The Morgan fingerprint density at radius 3 is 2.71 bits per heavy atom. The molecule has 21 heavy (non-hydrogen) atoms. The van der Waals surface area contributed by atoms with Gasteiger partial charge in [0.25, 0.3) is 0 Å². The molecule has 2 N–H and O–H groups in total. The zero-order valence-electron chi connectivity index (χ0n) is 11.5. The van der Waals surface area contributed by atoms with E-state index in [0.717, 1.165) is 41.6 Å². The first-order chi connectivity index (χ1) is 10.2. The number of nitrogens with zero attached hydrogens (tertiary/aromatic N) is 1. The van der Waals surface area contributed by atoms with Crippen molar-refractivity contribution in [2.75, 3.05) is 0 Å². The third-order valence-electron chi connectivity index (χ3n) is 3.66. The number of rotatable bonds is 3. The maximum atomic E-state index is 13.8. The van der Waals surface area contributed by atoms with Gasteiger partial charge in [0.1, 0.15) is 16.7 Å². The summed E-state index contributed by atoms with van der Waals surface area (Å²) in [6.07, 6.45) is 4.31. The lowest BCUT2D eigenvalue weighted by Gasteiger charge is -2.18. The molecule has 2 aromatic rings. The summed E-state index contributed by atoms with van der Waals surface area (Å²) in [5.41, 5.74) is 9.05. The van der Waals surface area contributed by atoms with Crippen LogP contribution in [-0.4, -0.2) is 4.98 Å². The maximum absolute atomic E-state index is 13.8. The van der Waals surface area contributed by atoms with Gasteiger partial charge in [-0.25, -0.2) is 13.8 Å². The van der Waals surface area contributed by atoms with Crippen LogP contribution < -0.4 is 5.73 Å². The molecule has 0 spiro atoms. The predicted molar refractivity (Wildman–Crippen MR) is 79.3 cm³/mol. The lowest BCUT2D eigenvalue weighted by molar-refractivity contribution is 0.565. The van der Waals surface area contributed by atoms with Gasteiger partial charge in [-0.1, -0.05) is 17.8 Å². The molecule has 1 aliphatic carbocycles. The molecule has 0 atom stereocenters. The van der Waals surface area contributed by atoms with E-state index in [1.54, 1.807) is 0 Å². The molecule has 3 rings (SSSR count). The minimum Gasteiger partial charge on any atom is -0.326 e. The van der Waals surface area contributed by atoms with Crippen LogP contribution in [0.3, 0.4) is 0 Å². The lowest BCUT2D eigenvalue weighted by atomic mass is 9.95. The largest absolute Gasteiger partial charge is 0.326 e. The summed E-state index contributed by atoms with van der Waals surface area (Å²) in [4.78, 5) is 5.04. The lowest BCUT2D eigenvalue weighted by Crippen LogP contribution is -2.10. The summed E-state index contributed by atoms with van der Waals surface area (Å²) in [6.45, 7) is 0.366. The highest BCUT2D eigenvalue weighted by atomic mass is 32.2. The van der Waals surface area contributed by atoms with Crippen LogP contribution >= 0.6 is 11.8 Å². The zero-order chi connectivity index (χ0) is 14.8.